The molecule has 3 N–H and O–H groups in total. The van der Waals surface area contributed by atoms with E-state index in [9.17, 15) is 0 Å². The summed E-state index contributed by atoms with van der Waals surface area (Å²) in [6.07, 6.45) is 5.26. The molecule has 0 saturated carbocycles. The highest BCUT2D eigenvalue weighted by Gasteiger charge is 2.49. The number of nitrogens with one attached hydrogen (secondary N) is 3. The number of benzene rings is 2. The molecule has 0 spiro atoms. The number of hydrogen-bond acceptors (Lipinski definition) is 10. The maximum absolute atomic E-state index is 6.07. The Bertz CT molecular complexity index is 1330. The van der Waals surface area contributed by atoms with Crippen molar-refractivity contribution in [3.63, 3.8) is 0 Å². The number of fused-ring (bicyclic) bond motifs is 3. The molecule has 3 aromatic rings. The van der Waals surface area contributed by atoms with Gasteiger partial charge in [0.25, 0.3) is 0 Å². The van der Waals surface area contributed by atoms with Crippen molar-refractivity contribution in [1.82, 2.24) is 10.5 Å². The van der Waals surface area contributed by atoms with E-state index in [0.717, 1.165) is 39.8 Å². The predicted octanol–water partition coefficient (Wildman–Crippen LogP) is 3.81. The maximum atomic E-state index is 6.07. The lowest BCUT2D eigenvalue weighted by atomic mass is 10.2. The molecule has 0 aliphatic carbocycles. The fourth-order valence-corrected chi connectivity index (χ4v) is 4.17. The van der Waals surface area contributed by atoms with Crippen LogP contribution in [0.15, 0.2) is 77.3 Å². The quantitative estimate of drug-likeness (QED) is 0.474. The third kappa shape index (κ3) is 3.73. The van der Waals surface area contributed by atoms with Crippen LogP contribution in [-0.2, 0) is 11.4 Å². The molecule has 2 aromatic carbocycles. The SMILES string of the molecule is COc1ccc(NC23N=CC(C)=C(NO2)N3c2ccc3c(c2)NCO3)cc1OCc1ccncc1. The summed E-state index contributed by atoms with van der Waals surface area (Å²) in [7, 11) is 1.61. The fraction of sp³-hybridized carbons (Fsp3) is 0.200. The van der Waals surface area contributed by atoms with Gasteiger partial charge in [-0.3, -0.25) is 9.88 Å². The van der Waals surface area contributed by atoms with Crippen LogP contribution >= 0.6 is 0 Å². The van der Waals surface area contributed by atoms with E-state index < -0.39 is 5.97 Å². The molecule has 0 amide bonds. The van der Waals surface area contributed by atoms with Crippen LogP contribution in [0.1, 0.15) is 12.5 Å². The van der Waals surface area contributed by atoms with E-state index >= 15 is 0 Å². The average molecular weight is 473 g/mol. The second-order valence-corrected chi connectivity index (χ2v) is 8.22. The number of anilines is 3. The maximum Gasteiger partial charge on any atom is 0.351 e. The Balaban J connectivity index is 1.31. The number of methoxy groups -OCH3 is 1. The average Bonchev–Trinajstić information content (AvgIpc) is 3.47. The summed E-state index contributed by atoms with van der Waals surface area (Å²) in [4.78, 5) is 16.8. The van der Waals surface area contributed by atoms with Gasteiger partial charge in [-0.25, -0.2) is 15.3 Å². The first kappa shape index (κ1) is 21.1. The van der Waals surface area contributed by atoms with Crippen LogP contribution in [0.2, 0.25) is 0 Å². The Kier molecular flexibility index (Phi) is 5.07. The first-order valence-corrected chi connectivity index (χ1v) is 11.1. The van der Waals surface area contributed by atoms with E-state index in [1.54, 1.807) is 25.7 Å². The van der Waals surface area contributed by atoms with E-state index in [0.29, 0.717) is 24.8 Å². The molecule has 1 atom stereocenters. The second kappa shape index (κ2) is 8.41. The molecule has 178 valence electrons. The number of pyridine rings is 1. The lowest BCUT2D eigenvalue weighted by Gasteiger charge is -2.36. The monoisotopic (exact) mass is 472 g/mol. The van der Waals surface area contributed by atoms with Gasteiger partial charge in [-0.05, 0) is 55.0 Å². The summed E-state index contributed by atoms with van der Waals surface area (Å²) in [5.74, 6) is 1.59. The van der Waals surface area contributed by atoms with Crippen LogP contribution in [0, 0.1) is 0 Å². The number of allylic oxidation sites excluding steroid dienone is 1. The minimum absolute atomic E-state index is 0.381. The smallest absolute Gasteiger partial charge is 0.351 e. The predicted molar refractivity (Wildman–Crippen MR) is 131 cm³/mol. The molecule has 0 radical (unpaired) electrons. The molecule has 2 bridgehead atoms. The molecule has 1 fully saturated rings. The van der Waals surface area contributed by atoms with Gasteiger partial charge in [-0.2, -0.15) is 0 Å². The highest BCUT2D eigenvalue weighted by molar-refractivity contribution is 5.85. The van der Waals surface area contributed by atoms with Crippen LogP contribution in [0.3, 0.4) is 0 Å². The normalized spacial score (nSPS) is 19.5. The standard InChI is InChI=1S/C25H24N6O4/c1-16-13-28-25(31(24(16)30-35-25)19-4-6-21-20(12-19)27-15-34-21)29-18-3-5-22(32-2)23(11-18)33-14-17-7-9-26-10-8-17/h3-13,27,29-30H,14-15H2,1-2H3. The van der Waals surface area contributed by atoms with E-state index in [4.69, 9.17) is 24.0 Å². The van der Waals surface area contributed by atoms with Gasteiger partial charge in [0.05, 0.1) is 18.5 Å². The molecule has 4 heterocycles. The molecule has 3 aliphatic heterocycles. The Morgan fingerprint density at radius 3 is 2.86 bits per heavy atom. The Hall–Kier alpha value is -4.44. The van der Waals surface area contributed by atoms with E-state index in [1.807, 2.05) is 60.4 Å². The van der Waals surface area contributed by atoms with Crippen LogP contribution in [0.5, 0.6) is 17.2 Å². The summed E-state index contributed by atoms with van der Waals surface area (Å²) < 4.78 is 17.2. The Labute approximate surface area is 202 Å². The molecule has 3 aliphatic rings. The van der Waals surface area contributed by atoms with E-state index in [2.05, 4.69) is 21.1 Å². The van der Waals surface area contributed by atoms with Crippen molar-refractivity contribution < 1.29 is 19.0 Å². The van der Waals surface area contributed by atoms with Gasteiger partial charge < -0.3 is 24.8 Å². The van der Waals surface area contributed by atoms with Gasteiger partial charge in [-0.1, -0.05) is 0 Å². The molecule has 10 nitrogen and oxygen atoms in total. The summed E-state index contributed by atoms with van der Waals surface area (Å²) in [6, 6.07) is 15.4. The lowest BCUT2D eigenvalue weighted by molar-refractivity contribution is -0.0214. The number of hydrogen-bond donors (Lipinski definition) is 3. The van der Waals surface area contributed by atoms with E-state index in [1.165, 1.54) is 0 Å². The zero-order valence-corrected chi connectivity index (χ0v) is 19.2. The first-order valence-electron chi connectivity index (χ1n) is 11.1. The number of nitrogens with zero attached hydrogens (tertiary/aromatic N) is 3. The zero-order chi connectivity index (χ0) is 23.8. The molecular formula is C25H24N6O4. The van der Waals surface area contributed by atoms with Gasteiger partial charge in [0.2, 0.25) is 0 Å². The van der Waals surface area contributed by atoms with Crippen LogP contribution < -0.4 is 35.2 Å². The first-order chi connectivity index (χ1) is 17.1. The third-order valence-corrected chi connectivity index (χ3v) is 5.95. The number of aliphatic imine (C=N–C) groups is 1. The third-order valence-electron chi connectivity index (χ3n) is 5.95. The molecular weight excluding hydrogens is 448 g/mol. The molecule has 1 unspecified atom stereocenters. The van der Waals surface area contributed by atoms with E-state index in [-0.39, 0.29) is 0 Å². The topological polar surface area (TPSA) is 102 Å². The highest BCUT2D eigenvalue weighted by Crippen LogP contribution is 2.42. The minimum atomic E-state index is -1.24. The van der Waals surface area contributed by atoms with Crippen molar-refractivity contribution in [1.29, 1.82) is 0 Å². The van der Waals surface area contributed by atoms with Gasteiger partial charge in [0.1, 0.15) is 18.2 Å². The number of hydroxylamine groups is 1. The summed E-state index contributed by atoms with van der Waals surface area (Å²) in [6.45, 7) is 2.81. The van der Waals surface area contributed by atoms with Crippen molar-refractivity contribution in [2.24, 2.45) is 4.99 Å². The largest absolute Gasteiger partial charge is 0.493 e. The summed E-state index contributed by atoms with van der Waals surface area (Å²) in [5.41, 5.74) is 7.52. The van der Waals surface area contributed by atoms with Gasteiger partial charge in [0.15, 0.2) is 18.2 Å². The van der Waals surface area contributed by atoms with Crippen molar-refractivity contribution in [3.8, 4) is 17.2 Å². The molecule has 35 heavy (non-hydrogen) atoms. The van der Waals surface area contributed by atoms with Crippen LogP contribution in [0.4, 0.5) is 17.1 Å². The van der Waals surface area contributed by atoms with Gasteiger partial charge in [-0.15, -0.1) is 0 Å². The van der Waals surface area contributed by atoms with Crippen molar-refractivity contribution in [2.45, 2.75) is 19.5 Å². The minimum Gasteiger partial charge on any atom is -0.493 e. The van der Waals surface area contributed by atoms with Gasteiger partial charge in [0, 0.05) is 35.9 Å². The van der Waals surface area contributed by atoms with Crippen molar-refractivity contribution in [2.75, 3.05) is 29.4 Å². The highest BCUT2D eigenvalue weighted by atomic mass is 16.7. The summed E-state index contributed by atoms with van der Waals surface area (Å²) >= 11 is 0. The lowest BCUT2D eigenvalue weighted by Crippen LogP contribution is -2.51. The Morgan fingerprint density at radius 2 is 2.00 bits per heavy atom. The Morgan fingerprint density at radius 1 is 1.11 bits per heavy atom. The molecule has 10 heteroatoms. The van der Waals surface area contributed by atoms with Crippen LogP contribution in [0.25, 0.3) is 0 Å². The number of rotatable bonds is 7. The molecule has 1 saturated heterocycles. The number of aromatic nitrogens is 1. The molecule has 1 aromatic heterocycles. The molecule has 6 rings (SSSR count). The van der Waals surface area contributed by atoms with Crippen molar-refractivity contribution >= 4 is 23.3 Å². The zero-order valence-electron chi connectivity index (χ0n) is 19.2. The summed E-state index contributed by atoms with van der Waals surface area (Å²) in [5, 5.41) is 6.66. The van der Waals surface area contributed by atoms with Gasteiger partial charge >= 0.3 is 5.97 Å². The second-order valence-electron chi connectivity index (χ2n) is 8.22. The number of ether oxygens (including phenoxy) is 3. The fourth-order valence-electron chi connectivity index (χ4n) is 4.17. The van der Waals surface area contributed by atoms with Crippen LogP contribution in [-0.4, -0.2) is 31.0 Å². The van der Waals surface area contributed by atoms with Crippen molar-refractivity contribution in [3.05, 3.63) is 77.9 Å².